The summed E-state index contributed by atoms with van der Waals surface area (Å²) in [6.45, 7) is 8.01. The lowest BCUT2D eigenvalue weighted by Gasteiger charge is -2.18. The van der Waals surface area contributed by atoms with Gasteiger partial charge in [0.15, 0.2) is 0 Å². The van der Waals surface area contributed by atoms with Crippen molar-refractivity contribution in [3.63, 3.8) is 0 Å². The smallest absolute Gasteiger partial charge is 0.313 e. The Bertz CT molecular complexity index is 1020. The minimum Gasteiger partial charge on any atom is -0.341 e. The highest BCUT2D eigenvalue weighted by atomic mass is 16.2. The first kappa shape index (κ1) is 18.6. The molecule has 0 saturated carbocycles. The highest BCUT2D eigenvalue weighted by molar-refractivity contribution is 6.40. The number of benzene rings is 3. The number of carbonyl (C=O) groups excluding carboxylic acids is 2. The van der Waals surface area contributed by atoms with Crippen LogP contribution in [0.25, 0.3) is 10.8 Å². The third-order valence-corrected chi connectivity index (χ3v) is 4.94. The highest BCUT2D eigenvalue weighted by Gasteiger charge is 2.19. The number of rotatable bonds is 3. The number of hydrogen-bond donors (Lipinski definition) is 2. The predicted molar refractivity (Wildman–Crippen MR) is 110 cm³/mol. The summed E-state index contributed by atoms with van der Waals surface area (Å²) >= 11 is 0. The summed E-state index contributed by atoms with van der Waals surface area (Å²) in [6.07, 6.45) is 0. The van der Waals surface area contributed by atoms with Gasteiger partial charge in [-0.1, -0.05) is 48.5 Å². The summed E-state index contributed by atoms with van der Waals surface area (Å²) in [4.78, 5) is 24.8. The van der Waals surface area contributed by atoms with Gasteiger partial charge in [-0.2, -0.15) is 0 Å². The van der Waals surface area contributed by atoms with E-state index < -0.39 is 11.8 Å². The summed E-state index contributed by atoms with van der Waals surface area (Å²) < 4.78 is 0. The minimum atomic E-state index is -0.667. The zero-order valence-electron chi connectivity index (χ0n) is 16.1. The Balaban J connectivity index is 1.74. The first-order chi connectivity index (χ1) is 12.9. The van der Waals surface area contributed by atoms with Crippen LogP contribution in [0.5, 0.6) is 0 Å². The van der Waals surface area contributed by atoms with E-state index in [1.807, 2.05) is 57.2 Å². The van der Waals surface area contributed by atoms with Crippen LogP contribution in [0.2, 0.25) is 0 Å². The van der Waals surface area contributed by atoms with Crippen LogP contribution in [0.4, 0.5) is 5.69 Å². The SMILES string of the molecule is Cc1cc(C)c(C(C)NC(=O)C(=O)Nc2cccc3ccccc23)cc1C. The van der Waals surface area contributed by atoms with E-state index in [-0.39, 0.29) is 6.04 Å². The molecule has 0 aliphatic heterocycles. The van der Waals surface area contributed by atoms with Gasteiger partial charge in [0.2, 0.25) is 0 Å². The molecule has 4 nitrogen and oxygen atoms in total. The average molecular weight is 360 g/mol. The Morgan fingerprint density at radius 1 is 0.815 bits per heavy atom. The Morgan fingerprint density at radius 2 is 1.48 bits per heavy atom. The van der Waals surface area contributed by atoms with Crippen LogP contribution in [0.15, 0.2) is 54.6 Å². The quantitative estimate of drug-likeness (QED) is 0.672. The molecule has 0 heterocycles. The second kappa shape index (κ2) is 7.62. The number of anilines is 1. The lowest BCUT2D eigenvalue weighted by atomic mass is 9.96. The predicted octanol–water partition coefficient (Wildman–Crippen LogP) is 4.58. The fourth-order valence-electron chi connectivity index (χ4n) is 3.30. The van der Waals surface area contributed by atoms with Crippen LogP contribution in [0.3, 0.4) is 0 Å². The monoisotopic (exact) mass is 360 g/mol. The first-order valence-electron chi connectivity index (χ1n) is 9.04. The molecule has 1 atom stereocenters. The topological polar surface area (TPSA) is 58.2 Å². The van der Waals surface area contributed by atoms with Crippen molar-refractivity contribution in [1.29, 1.82) is 0 Å². The van der Waals surface area contributed by atoms with Crippen LogP contribution in [-0.4, -0.2) is 11.8 Å². The van der Waals surface area contributed by atoms with E-state index in [1.54, 1.807) is 6.07 Å². The Kier molecular flexibility index (Phi) is 5.26. The fraction of sp³-hybridized carbons (Fsp3) is 0.217. The van der Waals surface area contributed by atoms with E-state index in [9.17, 15) is 9.59 Å². The van der Waals surface area contributed by atoms with Gasteiger partial charge in [0.1, 0.15) is 0 Å². The third-order valence-electron chi connectivity index (χ3n) is 4.94. The molecule has 0 radical (unpaired) electrons. The molecule has 2 N–H and O–H groups in total. The number of fused-ring (bicyclic) bond motifs is 1. The van der Waals surface area contributed by atoms with Crippen molar-refractivity contribution in [3.8, 4) is 0 Å². The Hall–Kier alpha value is -3.14. The summed E-state index contributed by atoms with van der Waals surface area (Å²) in [5.74, 6) is -1.31. The molecule has 0 fully saturated rings. The van der Waals surface area contributed by atoms with E-state index >= 15 is 0 Å². The normalized spacial score (nSPS) is 11.9. The molecule has 2 amide bonds. The average Bonchev–Trinajstić information content (AvgIpc) is 2.64. The third kappa shape index (κ3) is 4.00. The molecule has 0 aliphatic rings. The lowest BCUT2D eigenvalue weighted by Crippen LogP contribution is -2.37. The molecule has 138 valence electrons. The van der Waals surface area contributed by atoms with Crippen molar-refractivity contribution in [3.05, 3.63) is 76.9 Å². The van der Waals surface area contributed by atoms with Crippen LogP contribution in [-0.2, 0) is 9.59 Å². The molecule has 1 unspecified atom stereocenters. The molecule has 3 aromatic rings. The highest BCUT2D eigenvalue weighted by Crippen LogP contribution is 2.24. The van der Waals surface area contributed by atoms with Crippen LogP contribution in [0, 0.1) is 20.8 Å². The second-order valence-electron chi connectivity index (χ2n) is 6.97. The second-order valence-corrected chi connectivity index (χ2v) is 6.97. The van der Waals surface area contributed by atoms with Crippen molar-refractivity contribution >= 4 is 28.3 Å². The number of amides is 2. The number of aryl methyl sites for hydroxylation is 3. The maximum atomic E-state index is 12.4. The largest absolute Gasteiger partial charge is 0.341 e. The fourth-order valence-corrected chi connectivity index (χ4v) is 3.30. The first-order valence-corrected chi connectivity index (χ1v) is 9.04. The van der Waals surface area contributed by atoms with Crippen molar-refractivity contribution in [2.24, 2.45) is 0 Å². The molecule has 0 aromatic heterocycles. The van der Waals surface area contributed by atoms with Crippen molar-refractivity contribution in [2.45, 2.75) is 33.7 Å². The molecule has 4 heteroatoms. The van der Waals surface area contributed by atoms with E-state index in [2.05, 4.69) is 29.7 Å². The van der Waals surface area contributed by atoms with Gasteiger partial charge in [-0.25, -0.2) is 0 Å². The van der Waals surface area contributed by atoms with Crippen molar-refractivity contribution < 1.29 is 9.59 Å². The molecule has 0 bridgehead atoms. The van der Waals surface area contributed by atoms with E-state index in [0.717, 1.165) is 27.5 Å². The molecular weight excluding hydrogens is 336 g/mol. The van der Waals surface area contributed by atoms with Gasteiger partial charge in [0.25, 0.3) is 0 Å². The molecule has 0 spiro atoms. The van der Waals surface area contributed by atoms with Gasteiger partial charge in [-0.05, 0) is 61.4 Å². The summed E-state index contributed by atoms with van der Waals surface area (Å²) in [7, 11) is 0. The van der Waals surface area contributed by atoms with Gasteiger partial charge in [0.05, 0.1) is 6.04 Å². The van der Waals surface area contributed by atoms with Crippen LogP contribution in [0.1, 0.15) is 35.2 Å². The molecule has 27 heavy (non-hydrogen) atoms. The van der Waals surface area contributed by atoms with Gasteiger partial charge >= 0.3 is 11.8 Å². The lowest BCUT2D eigenvalue weighted by molar-refractivity contribution is -0.136. The van der Waals surface area contributed by atoms with E-state index in [4.69, 9.17) is 0 Å². The Labute approximate surface area is 159 Å². The summed E-state index contributed by atoms with van der Waals surface area (Å²) in [5, 5.41) is 7.44. The van der Waals surface area contributed by atoms with Gasteiger partial charge in [0, 0.05) is 11.1 Å². The standard InChI is InChI=1S/C23H24N2O2/c1-14-12-16(3)20(13-15(14)2)17(4)24-22(26)23(27)25-21-11-7-9-18-8-5-6-10-19(18)21/h5-13,17H,1-4H3,(H,24,26)(H,25,27). The van der Waals surface area contributed by atoms with Crippen LogP contribution < -0.4 is 10.6 Å². The minimum absolute atomic E-state index is 0.255. The van der Waals surface area contributed by atoms with Crippen molar-refractivity contribution in [2.75, 3.05) is 5.32 Å². The van der Waals surface area contributed by atoms with E-state index in [0.29, 0.717) is 5.69 Å². The molecule has 0 aliphatic carbocycles. The van der Waals surface area contributed by atoms with Gasteiger partial charge < -0.3 is 10.6 Å². The summed E-state index contributed by atoms with van der Waals surface area (Å²) in [6, 6.07) is 17.3. The zero-order chi connectivity index (χ0) is 19.6. The number of carbonyl (C=O) groups is 2. The van der Waals surface area contributed by atoms with Gasteiger partial charge in [-0.15, -0.1) is 0 Å². The summed E-state index contributed by atoms with van der Waals surface area (Å²) in [5.41, 5.74) is 5.12. The maximum absolute atomic E-state index is 12.4. The van der Waals surface area contributed by atoms with Crippen molar-refractivity contribution in [1.82, 2.24) is 5.32 Å². The number of hydrogen-bond acceptors (Lipinski definition) is 2. The molecule has 0 saturated heterocycles. The number of nitrogens with one attached hydrogen (secondary N) is 2. The molecule has 3 rings (SSSR count). The molecular formula is C23H24N2O2. The van der Waals surface area contributed by atoms with Gasteiger partial charge in [-0.3, -0.25) is 9.59 Å². The maximum Gasteiger partial charge on any atom is 0.313 e. The van der Waals surface area contributed by atoms with Crippen LogP contribution >= 0.6 is 0 Å². The Morgan fingerprint density at radius 3 is 2.26 bits per heavy atom. The zero-order valence-corrected chi connectivity index (χ0v) is 16.1. The van der Waals surface area contributed by atoms with E-state index in [1.165, 1.54) is 5.56 Å². The molecule has 3 aromatic carbocycles.